The third kappa shape index (κ3) is 3.99. The van der Waals surface area contributed by atoms with Crippen LogP contribution >= 0.6 is 11.6 Å². The molecule has 0 saturated heterocycles. The number of sulfonamides is 1. The van der Waals surface area contributed by atoms with E-state index in [9.17, 15) is 13.2 Å². The maximum atomic E-state index is 12.9. The van der Waals surface area contributed by atoms with Crippen LogP contribution in [0.4, 0.5) is 5.69 Å². The molecule has 144 valence electrons. The third-order valence-electron chi connectivity index (χ3n) is 4.36. The molecule has 0 aromatic heterocycles. The summed E-state index contributed by atoms with van der Waals surface area (Å²) in [5.74, 6) is -0.229. The van der Waals surface area contributed by atoms with Crippen LogP contribution in [0, 0.1) is 0 Å². The maximum Gasteiger partial charge on any atom is 0.282 e. The van der Waals surface area contributed by atoms with Crippen molar-refractivity contribution in [3.8, 4) is 0 Å². The van der Waals surface area contributed by atoms with Crippen molar-refractivity contribution < 1.29 is 13.2 Å². The van der Waals surface area contributed by atoms with Gasteiger partial charge in [0.25, 0.3) is 10.0 Å². The molecule has 0 atom stereocenters. The first kappa shape index (κ1) is 19.1. The van der Waals surface area contributed by atoms with E-state index in [0.29, 0.717) is 21.8 Å². The van der Waals surface area contributed by atoms with Crippen LogP contribution < -0.4 is 5.32 Å². The Morgan fingerprint density at radius 1 is 0.793 bits per heavy atom. The zero-order valence-electron chi connectivity index (χ0n) is 15.0. The van der Waals surface area contributed by atoms with E-state index >= 15 is 0 Å². The van der Waals surface area contributed by atoms with Crippen molar-refractivity contribution >= 4 is 38.8 Å². The zero-order chi connectivity index (χ0) is 20.4. The average Bonchev–Trinajstić information content (AvgIpc) is 2.72. The number of carbonyl (C=O) groups is 1. The molecule has 0 heterocycles. The summed E-state index contributed by atoms with van der Waals surface area (Å²) in [6.45, 7) is 0. The lowest BCUT2D eigenvalue weighted by Gasteiger charge is -2.18. The van der Waals surface area contributed by atoms with Crippen molar-refractivity contribution in [3.05, 3.63) is 107 Å². The number of hydrogen-bond acceptors (Lipinski definition) is 4. The second kappa shape index (κ2) is 7.66. The highest BCUT2D eigenvalue weighted by atomic mass is 35.5. The summed E-state index contributed by atoms with van der Waals surface area (Å²) in [7, 11) is -3.99. The normalized spacial score (nSPS) is 15.0. The Labute approximate surface area is 173 Å². The average molecular weight is 423 g/mol. The molecule has 3 aromatic carbocycles. The molecule has 29 heavy (non-hydrogen) atoms. The molecule has 7 heteroatoms. The number of allylic oxidation sites excluding steroid dienone is 2. The molecule has 0 bridgehead atoms. The molecule has 0 saturated carbocycles. The Hall–Kier alpha value is -3.22. The largest absolute Gasteiger partial charge is 0.352 e. The second-order valence-electron chi connectivity index (χ2n) is 6.33. The lowest BCUT2D eigenvalue weighted by molar-refractivity contribution is 0.103. The van der Waals surface area contributed by atoms with E-state index in [2.05, 4.69) is 9.71 Å². The molecule has 4 rings (SSSR count). The highest BCUT2D eigenvalue weighted by Crippen LogP contribution is 2.25. The molecule has 3 aromatic rings. The Balaban J connectivity index is 1.82. The molecule has 0 fully saturated rings. The predicted molar refractivity (Wildman–Crippen MR) is 114 cm³/mol. The third-order valence-corrected chi connectivity index (χ3v) is 5.91. The first-order valence-corrected chi connectivity index (χ1v) is 10.5. The van der Waals surface area contributed by atoms with Gasteiger partial charge in [0.2, 0.25) is 5.78 Å². The zero-order valence-corrected chi connectivity index (χ0v) is 16.6. The number of nitrogens with zero attached hydrogens (tertiary/aromatic N) is 1. The predicted octanol–water partition coefficient (Wildman–Crippen LogP) is 4.71. The number of fused-ring (bicyclic) bond motifs is 1. The van der Waals surface area contributed by atoms with Crippen LogP contribution in [-0.2, 0) is 10.0 Å². The molecule has 1 aliphatic rings. The van der Waals surface area contributed by atoms with Gasteiger partial charge in [0.1, 0.15) is 0 Å². The lowest BCUT2D eigenvalue weighted by atomic mass is 9.92. The van der Waals surface area contributed by atoms with Crippen LogP contribution in [0.5, 0.6) is 0 Å². The standard InChI is InChI=1S/C22H15ClN2O3S/c23-15-10-12-17(13-11-15)29(27,28)25-20-14-21(24-16-6-2-1-3-7-16)22(26)19-9-5-4-8-18(19)20/h1-14,24H. The summed E-state index contributed by atoms with van der Waals surface area (Å²) in [5.41, 5.74) is 2.01. The highest BCUT2D eigenvalue weighted by Gasteiger charge is 2.26. The topological polar surface area (TPSA) is 75.6 Å². The fourth-order valence-electron chi connectivity index (χ4n) is 2.96. The second-order valence-corrected chi connectivity index (χ2v) is 8.37. The van der Waals surface area contributed by atoms with Gasteiger partial charge < -0.3 is 5.32 Å². The SMILES string of the molecule is O=C1C(Nc2ccccc2)=CC(=NS(=O)(=O)c2ccc(Cl)cc2)c2ccccc21. The number of rotatable bonds is 4. The fourth-order valence-corrected chi connectivity index (χ4v) is 4.09. The van der Waals surface area contributed by atoms with Gasteiger partial charge in [-0.3, -0.25) is 4.79 Å². The minimum Gasteiger partial charge on any atom is -0.352 e. The quantitative estimate of drug-likeness (QED) is 0.660. The van der Waals surface area contributed by atoms with E-state index in [0.717, 1.165) is 0 Å². The van der Waals surface area contributed by atoms with Crippen LogP contribution in [0.3, 0.4) is 0 Å². The molecule has 5 nitrogen and oxygen atoms in total. The molecule has 0 amide bonds. The van der Waals surface area contributed by atoms with Gasteiger partial charge in [0.15, 0.2) is 0 Å². The van der Waals surface area contributed by atoms with Crippen LogP contribution in [0.15, 0.2) is 99.9 Å². The Bertz CT molecular complexity index is 1250. The molecule has 1 N–H and O–H groups in total. The summed E-state index contributed by atoms with van der Waals surface area (Å²) in [5, 5.41) is 3.48. The van der Waals surface area contributed by atoms with E-state index in [4.69, 9.17) is 11.6 Å². The Morgan fingerprint density at radius 3 is 2.10 bits per heavy atom. The van der Waals surface area contributed by atoms with Crippen molar-refractivity contribution in [2.45, 2.75) is 4.90 Å². The van der Waals surface area contributed by atoms with Crippen LogP contribution in [0.2, 0.25) is 5.02 Å². The van der Waals surface area contributed by atoms with Crippen molar-refractivity contribution in [3.63, 3.8) is 0 Å². The first-order chi connectivity index (χ1) is 13.9. The molecule has 0 spiro atoms. The molecule has 0 unspecified atom stereocenters. The van der Waals surface area contributed by atoms with Crippen molar-refractivity contribution in [1.82, 2.24) is 0 Å². The minimum absolute atomic E-state index is 0.0229. The first-order valence-electron chi connectivity index (χ1n) is 8.72. The van der Waals surface area contributed by atoms with E-state index < -0.39 is 10.0 Å². The highest BCUT2D eigenvalue weighted by molar-refractivity contribution is 7.90. The van der Waals surface area contributed by atoms with Crippen LogP contribution in [-0.4, -0.2) is 19.9 Å². The summed E-state index contributed by atoms with van der Waals surface area (Å²) in [6, 6.07) is 21.7. The van der Waals surface area contributed by atoms with Crippen LogP contribution in [0.25, 0.3) is 0 Å². The van der Waals surface area contributed by atoms with Gasteiger partial charge in [0.05, 0.1) is 16.3 Å². The van der Waals surface area contributed by atoms with Gasteiger partial charge in [-0.25, -0.2) is 0 Å². The van der Waals surface area contributed by atoms with E-state index in [1.165, 1.54) is 30.3 Å². The van der Waals surface area contributed by atoms with E-state index in [1.807, 2.05) is 30.3 Å². The van der Waals surface area contributed by atoms with Crippen molar-refractivity contribution in [2.75, 3.05) is 5.32 Å². The summed E-state index contributed by atoms with van der Waals surface area (Å²) in [4.78, 5) is 12.9. The molecular formula is C22H15ClN2O3S. The van der Waals surface area contributed by atoms with Gasteiger partial charge >= 0.3 is 0 Å². The van der Waals surface area contributed by atoms with Crippen LogP contribution in [0.1, 0.15) is 15.9 Å². The lowest BCUT2D eigenvalue weighted by Crippen LogP contribution is -2.22. The minimum atomic E-state index is -3.99. The molecule has 1 aliphatic carbocycles. The fraction of sp³-hybridized carbons (Fsp3) is 0. The van der Waals surface area contributed by atoms with E-state index in [-0.39, 0.29) is 22.1 Å². The number of benzene rings is 3. The van der Waals surface area contributed by atoms with Gasteiger partial charge in [0, 0.05) is 21.8 Å². The summed E-state index contributed by atoms with van der Waals surface area (Å²) in [6.07, 6.45) is 1.46. The number of hydrogen-bond donors (Lipinski definition) is 1. The van der Waals surface area contributed by atoms with Gasteiger partial charge in [-0.2, -0.15) is 12.8 Å². The van der Waals surface area contributed by atoms with E-state index in [1.54, 1.807) is 24.3 Å². The van der Waals surface area contributed by atoms with Crippen molar-refractivity contribution in [1.29, 1.82) is 0 Å². The number of halogens is 1. The molecule has 0 aliphatic heterocycles. The number of nitrogens with one attached hydrogen (secondary N) is 1. The number of para-hydroxylation sites is 1. The Morgan fingerprint density at radius 2 is 1.41 bits per heavy atom. The molecular weight excluding hydrogens is 408 g/mol. The Kier molecular flexibility index (Phi) is 5.05. The number of Topliss-reactive ketones (excluding diaryl/α,β-unsaturated/α-hetero) is 1. The van der Waals surface area contributed by atoms with Gasteiger partial charge in [-0.15, -0.1) is 0 Å². The maximum absolute atomic E-state index is 12.9. The van der Waals surface area contributed by atoms with Gasteiger partial charge in [-0.05, 0) is 42.5 Å². The summed E-state index contributed by atoms with van der Waals surface area (Å²) >= 11 is 5.85. The van der Waals surface area contributed by atoms with Crippen molar-refractivity contribution in [2.24, 2.45) is 4.40 Å². The number of carbonyl (C=O) groups excluding carboxylic acids is 1. The molecule has 0 radical (unpaired) electrons. The smallest absolute Gasteiger partial charge is 0.282 e. The number of anilines is 1. The monoisotopic (exact) mass is 422 g/mol. The number of ketones is 1. The summed E-state index contributed by atoms with van der Waals surface area (Å²) < 4.78 is 29.6. The van der Waals surface area contributed by atoms with Gasteiger partial charge in [-0.1, -0.05) is 54.1 Å².